The lowest BCUT2D eigenvalue weighted by Crippen LogP contribution is -2.55. The molecule has 1 aromatic rings. The quantitative estimate of drug-likeness (QED) is 0.919. The third-order valence-electron chi connectivity index (χ3n) is 4.49. The molecular formula is C16H26N2O2. The van der Waals surface area contributed by atoms with E-state index in [-0.39, 0.29) is 5.41 Å². The summed E-state index contributed by atoms with van der Waals surface area (Å²) in [6.07, 6.45) is 2.69. The first-order chi connectivity index (χ1) is 9.34. The number of hydrogen-bond donors (Lipinski definition) is 1. The van der Waals surface area contributed by atoms with Crippen molar-refractivity contribution in [1.82, 2.24) is 9.88 Å². The highest BCUT2D eigenvalue weighted by Crippen LogP contribution is 2.38. The maximum atomic E-state index is 10.4. The second-order valence-corrected chi connectivity index (χ2v) is 6.56. The summed E-state index contributed by atoms with van der Waals surface area (Å²) < 4.78 is 5.35. The Morgan fingerprint density at radius 3 is 2.65 bits per heavy atom. The Morgan fingerprint density at radius 1 is 1.35 bits per heavy atom. The molecule has 0 aliphatic carbocycles. The Bertz CT molecular complexity index is 440. The van der Waals surface area contributed by atoms with E-state index in [1.807, 2.05) is 26.1 Å². The molecule has 1 fully saturated rings. The molecular weight excluding hydrogens is 252 g/mol. The lowest BCUT2D eigenvalue weighted by atomic mass is 9.71. The Balaban J connectivity index is 1.97. The Hall–Kier alpha value is -1.13. The molecule has 1 aromatic heterocycles. The first-order valence-electron chi connectivity index (χ1n) is 7.36. The topological polar surface area (TPSA) is 45.6 Å². The largest absolute Gasteiger partial charge is 0.478 e. The van der Waals surface area contributed by atoms with Crippen molar-refractivity contribution in [2.45, 2.75) is 46.3 Å². The van der Waals surface area contributed by atoms with E-state index in [2.05, 4.69) is 29.8 Å². The first-order valence-corrected chi connectivity index (χ1v) is 7.36. The molecule has 1 aliphatic rings. The molecule has 0 saturated carbocycles. The van der Waals surface area contributed by atoms with Crippen LogP contribution in [-0.4, -0.2) is 40.3 Å². The Morgan fingerprint density at radius 2 is 2.10 bits per heavy atom. The third-order valence-corrected chi connectivity index (χ3v) is 4.49. The molecule has 20 heavy (non-hydrogen) atoms. The predicted octanol–water partition coefficient (Wildman–Crippen LogP) is 2.46. The number of piperidine rings is 1. The zero-order valence-corrected chi connectivity index (χ0v) is 13.0. The second kappa shape index (κ2) is 5.70. The smallest absolute Gasteiger partial charge is 0.213 e. The molecule has 0 bridgehead atoms. The van der Waals surface area contributed by atoms with Crippen molar-refractivity contribution in [2.75, 3.05) is 19.7 Å². The standard InChI is InChI=1S/C16H26N2O2/c1-5-20-14-7-6-13(10-17-14)11-18-9-8-16(4,19)15(2,3)12-18/h6-7,10,19H,5,8-9,11-12H2,1-4H3/t16-/m1/s1. The van der Waals surface area contributed by atoms with Crippen LogP contribution in [0.1, 0.15) is 39.7 Å². The molecule has 0 spiro atoms. The van der Waals surface area contributed by atoms with E-state index in [1.165, 1.54) is 5.56 Å². The van der Waals surface area contributed by atoms with Crippen LogP contribution in [0.25, 0.3) is 0 Å². The number of rotatable bonds is 4. The van der Waals surface area contributed by atoms with Gasteiger partial charge in [0.05, 0.1) is 12.2 Å². The van der Waals surface area contributed by atoms with Crippen molar-refractivity contribution in [3.63, 3.8) is 0 Å². The molecule has 0 unspecified atom stereocenters. The number of hydrogen-bond acceptors (Lipinski definition) is 4. The second-order valence-electron chi connectivity index (χ2n) is 6.56. The molecule has 112 valence electrons. The SMILES string of the molecule is CCOc1ccc(CN2CC[C@@](C)(O)C(C)(C)C2)cn1. The monoisotopic (exact) mass is 278 g/mol. The van der Waals surface area contributed by atoms with Crippen LogP contribution in [-0.2, 0) is 6.54 Å². The normalized spacial score (nSPS) is 26.4. The van der Waals surface area contributed by atoms with Crippen LogP contribution in [0.15, 0.2) is 18.3 Å². The van der Waals surface area contributed by atoms with Gasteiger partial charge in [-0.25, -0.2) is 4.98 Å². The minimum Gasteiger partial charge on any atom is -0.478 e. The van der Waals surface area contributed by atoms with Crippen molar-refractivity contribution < 1.29 is 9.84 Å². The fourth-order valence-electron chi connectivity index (χ4n) is 2.65. The zero-order chi connectivity index (χ0) is 14.8. The number of aromatic nitrogens is 1. The lowest BCUT2D eigenvalue weighted by molar-refractivity contribution is -0.107. The van der Waals surface area contributed by atoms with E-state index in [0.717, 1.165) is 26.1 Å². The maximum absolute atomic E-state index is 10.4. The fraction of sp³-hybridized carbons (Fsp3) is 0.688. The van der Waals surface area contributed by atoms with Gasteiger partial charge in [-0.15, -0.1) is 0 Å². The predicted molar refractivity (Wildman–Crippen MR) is 79.7 cm³/mol. The molecule has 1 saturated heterocycles. The molecule has 0 radical (unpaired) electrons. The number of pyridine rings is 1. The van der Waals surface area contributed by atoms with Crippen LogP contribution in [0.3, 0.4) is 0 Å². The van der Waals surface area contributed by atoms with Gasteiger partial charge < -0.3 is 9.84 Å². The van der Waals surface area contributed by atoms with Crippen molar-refractivity contribution in [3.05, 3.63) is 23.9 Å². The molecule has 2 rings (SSSR count). The summed E-state index contributed by atoms with van der Waals surface area (Å²) in [6.45, 7) is 11.5. The molecule has 0 amide bonds. The van der Waals surface area contributed by atoms with Gasteiger partial charge in [-0.3, -0.25) is 4.90 Å². The van der Waals surface area contributed by atoms with Gasteiger partial charge in [0.25, 0.3) is 0 Å². The van der Waals surface area contributed by atoms with Gasteiger partial charge in [-0.1, -0.05) is 19.9 Å². The number of likely N-dealkylation sites (tertiary alicyclic amines) is 1. The summed E-state index contributed by atoms with van der Waals surface area (Å²) in [5.74, 6) is 0.679. The summed E-state index contributed by atoms with van der Waals surface area (Å²) in [5.41, 5.74) is 0.510. The highest BCUT2D eigenvalue weighted by Gasteiger charge is 2.43. The van der Waals surface area contributed by atoms with E-state index in [4.69, 9.17) is 4.74 Å². The van der Waals surface area contributed by atoms with Crippen LogP contribution in [0.5, 0.6) is 5.88 Å². The van der Waals surface area contributed by atoms with Crippen LogP contribution >= 0.6 is 0 Å². The zero-order valence-electron chi connectivity index (χ0n) is 13.0. The summed E-state index contributed by atoms with van der Waals surface area (Å²) in [6, 6.07) is 3.99. The summed E-state index contributed by atoms with van der Waals surface area (Å²) in [4.78, 5) is 6.68. The van der Waals surface area contributed by atoms with Gasteiger partial charge in [0, 0.05) is 37.3 Å². The van der Waals surface area contributed by atoms with Gasteiger partial charge in [-0.05, 0) is 25.8 Å². The van der Waals surface area contributed by atoms with Gasteiger partial charge in [0.1, 0.15) is 0 Å². The molecule has 4 nitrogen and oxygen atoms in total. The van der Waals surface area contributed by atoms with Crippen LogP contribution in [0.2, 0.25) is 0 Å². The van der Waals surface area contributed by atoms with Crippen molar-refractivity contribution >= 4 is 0 Å². The lowest BCUT2D eigenvalue weighted by Gasteiger charge is -2.48. The summed E-state index contributed by atoms with van der Waals surface area (Å²) in [5, 5.41) is 10.4. The Kier molecular flexibility index (Phi) is 4.35. The van der Waals surface area contributed by atoms with Crippen molar-refractivity contribution in [2.24, 2.45) is 5.41 Å². The molecule has 1 atom stereocenters. The average Bonchev–Trinajstić information content (AvgIpc) is 2.37. The number of ether oxygens (including phenoxy) is 1. The highest BCUT2D eigenvalue weighted by molar-refractivity contribution is 5.18. The number of aliphatic hydroxyl groups is 1. The van der Waals surface area contributed by atoms with E-state index >= 15 is 0 Å². The molecule has 2 heterocycles. The maximum Gasteiger partial charge on any atom is 0.213 e. The van der Waals surface area contributed by atoms with Gasteiger partial charge in [-0.2, -0.15) is 0 Å². The molecule has 1 aliphatic heterocycles. The van der Waals surface area contributed by atoms with E-state index in [9.17, 15) is 5.11 Å². The average molecular weight is 278 g/mol. The molecule has 1 N–H and O–H groups in total. The minimum absolute atomic E-state index is 0.0933. The molecule has 0 aromatic carbocycles. The summed E-state index contributed by atoms with van der Waals surface area (Å²) >= 11 is 0. The first kappa shape index (κ1) is 15.3. The van der Waals surface area contributed by atoms with E-state index in [0.29, 0.717) is 12.5 Å². The fourth-order valence-corrected chi connectivity index (χ4v) is 2.65. The minimum atomic E-state index is -0.583. The highest BCUT2D eigenvalue weighted by atomic mass is 16.5. The van der Waals surface area contributed by atoms with Gasteiger partial charge in [0.15, 0.2) is 0 Å². The van der Waals surface area contributed by atoms with Gasteiger partial charge >= 0.3 is 0 Å². The van der Waals surface area contributed by atoms with Crippen molar-refractivity contribution in [3.8, 4) is 5.88 Å². The van der Waals surface area contributed by atoms with Gasteiger partial charge in [0.2, 0.25) is 5.88 Å². The van der Waals surface area contributed by atoms with E-state index < -0.39 is 5.60 Å². The molecule has 4 heteroatoms. The third kappa shape index (κ3) is 3.30. The van der Waals surface area contributed by atoms with Crippen LogP contribution in [0.4, 0.5) is 0 Å². The number of nitrogens with zero attached hydrogens (tertiary/aromatic N) is 2. The van der Waals surface area contributed by atoms with Crippen LogP contribution < -0.4 is 4.74 Å². The van der Waals surface area contributed by atoms with Crippen LogP contribution in [0, 0.1) is 5.41 Å². The van der Waals surface area contributed by atoms with Crippen molar-refractivity contribution in [1.29, 1.82) is 0 Å². The summed E-state index contributed by atoms with van der Waals surface area (Å²) in [7, 11) is 0. The van der Waals surface area contributed by atoms with E-state index in [1.54, 1.807) is 0 Å². The Labute approximate surface area is 121 Å².